The molecule has 2 aromatic carbocycles. The first-order valence-corrected chi connectivity index (χ1v) is 9.47. The maximum absolute atomic E-state index is 12.7. The van der Waals surface area contributed by atoms with Crippen LogP contribution in [0.15, 0.2) is 48.0 Å². The van der Waals surface area contributed by atoms with Crippen LogP contribution < -0.4 is 19.9 Å². The number of carboxylic acids is 1. The van der Waals surface area contributed by atoms with E-state index in [9.17, 15) is 14.4 Å². The SMILES string of the molecule is CCOc1cc(/C=C2/C(=O)NN(c3ccccc3)C2=O)cc(Cl)c1O[C@H](C)C(=O)O. The summed E-state index contributed by atoms with van der Waals surface area (Å²) < 4.78 is 10.9. The van der Waals surface area contributed by atoms with Crippen molar-refractivity contribution in [2.24, 2.45) is 0 Å². The lowest BCUT2D eigenvalue weighted by molar-refractivity contribution is -0.144. The number of nitrogens with zero attached hydrogens (tertiary/aromatic N) is 1. The first-order chi connectivity index (χ1) is 14.3. The van der Waals surface area contributed by atoms with E-state index in [0.29, 0.717) is 11.3 Å². The maximum atomic E-state index is 12.7. The van der Waals surface area contributed by atoms with Gasteiger partial charge in [-0.15, -0.1) is 0 Å². The summed E-state index contributed by atoms with van der Waals surface area (Å²) >= 11 is 6.28. The molecule has 30 heavy (non-hydrogen) atoms. The number of amides is 2. The van der Waals surface area contributed by atoms with Gasteiger partial charge in [-0.05, 0) is 49.8 Å². The van der Waals surface area contributed by atoms with Gasteiger partial charge in [0.25, 0.3) is 11.8 Å². The smallest absolute Gasteiger partial charge is 0.344 e. The quantitative estimate of drug-likeness (QED) is 0.516. The van der Waals surface area contributed by atoms with E-state index in [1.54, 1.807) is 37.3 Å². The van der Waals surface area contributed by atoms with E-state index >= 15 is 0 Å². The number of rotatable bonds is 7. The van der Waals surface area contributed by atoms with Crippen molar-refractivity contribution in [2.45, 2.75) is 20.0 Å². The van der Waals surface area contributed by atoms with Gasteiger partial charge in [0.15, 0.2) is 17.6 Å². The molecule has 0 aromatic heterocycles. The number of ether oxygens (including phenoxy) is 2. The van der Waals surface area contributed by atoms with E-state index in [-0.39, 0.29) is 28.7 Å². The van der Waals surface area contributed by atoms with Gasteiger partial charge in [-0.1, -0.05) is 29.8 Å². The Hall–Kier alpha value is -3.52. The van der Waals surface area contributed by atoms with E-state index in [2.05, 4.69) is 5.43 Å². The molecule has 1 heterocycles. The molecular formula is C21H19ClN2O6. The van der Waals surface area contributed by atoms with Crippen LogP contribution in [0.25, 0.3) is 6.08 Å². The second-order valence-corrected chi connectivity index (χ2v) is 6.74. The summed E-state index contributed by atoms with van der Waals surface area (Å²) in [7, 11) is 0. The molecule has 8 nitrogen and oxygen atoms in total. The van der Waals surface area contributed by atoms with Crippen molar-refractivity contribution in [3.05, 3.63) is 58.6 Å². The number of halogens is 1. The van der Waals surface area contributed by atoms with Crippen molar-refractivity contribution in [3.63, 3.8) is 0 Å². The first kappa shape index (κ1) is 21.2. The van der Waals surface area contributed by atoms with Crippen molar-refractivity contribution < 1.29 is 29.0 Å². The fourth-order valence-electron chi connectivity index (χ4n) is 2.76. The molecule has 0 bridgehead atoms. The van der Waals surface area contributed by atoms with Gasteiger partial charge in [0.1, 0.15) is 5.57 Å². The number of hydrogen-bond donors (Lipinski definition) is 2. The summed E-state index contributed by atoms with van der Waals surface area (Å²) in [6.07, 6.45) is 0.242. The molecule has 9 heteroatoms. The Kier molecular flexibility index (Phi) is 6.27. The van der Waals surface area contributed by atoms with E-state index in [1.807, 2.05) is 0 Å². The minimum absolute atomic E-state index is 0.0729. The van der Waals surface area contributed by atoms with Crippen LogP contribution in [-0.4, -0.2) is 35.6 Å². The van der Waals surface area contributed by atoms with Crippen LogP contribution in [0.1, 0.15) is 19.4 Å². The number of hydrazine groups is 1. The van der Waals surface area contributed by atoms with Crippen molar-refractivity contribution in [1.29, 1.82) is 0 Å². The van der Waals surface area contributed by atoms with Crippen molar-refractivity contribution >= 4 is 41.1 Å². The summed E-state index contributed by atoms with van der Waals surface area (Å²) in [5, 5.41) is 10.3. The molecule has 0 unspecified atom stereocenters. The number of benzene rings is 2. The fourth-order valence-corrected chi connectivity index (χ4v) is 3.02. The second kappa shape index (κ2) is 8.87. The van der Waals surface area contributed by atoms with Gasteiger partial charge < -0.3 is 14.6 Å². The van der Waals surface area contributed by atoms with Crippen LogP contribution in [-0.2, 0) is 14.4 Å². The Bertz CT molecular complexity index is 1020. The summed E-state index contributed by atoms with van der Waals surface area (Å²) in [5.41, 5.74) is 3.39. The Morgan fingerprint density at radius 3 is 2.60 bits per heavy atom. The standard InChI is InChI=1S/C21H19ClN2O6/c1-3-29-17-11-13(10-16(22)18(17)30-12(2)21(27)28)9-15-19(25)23-24(20(15)26)14-7-5-4-6-8-14/h4-12H,3H2,1-2H3,(H,23,25)(H,27,28)/b15-9-/t12-/m1/s1. The number of carboxylic acid groups (broad SMARTS) is 1. The largest absolute Gasteiger partial charge is 0.490 e. The van der Waals surface area contributed by atoms with Gasteiger partial charge in [-0.2, -0.15) is 0 Å². The highest BCUT2D eigenvalue weighted by Crippen LogP contribution is 2.38. The summed E-state index contributed by atoms with van der Waals surface area (Å²) in [6.45, 7) is 3.38. The van der Waals surface area contributed by atoms with Crippen LogP contribution in [0.5, 0.6) is 11.5 Å². The van der Waals surface area contributed by atoms with Crippen molar-refractivity contribution in [2.75, 3.05) is 11.6 Å². The van der Waals surface area contributed by atoms with E-state index in [1.165, 1.54) is 25.1 Å². The normalized spacial score (nSPS) is 15.8. The zero-order chi connectivity index (χ0) is 21.8. The zero-order valence-electron chi connectivity index (χ0n) is 16.2. The second-order valence-electron chi connectivity index (χ2n) is 6.34. The lowest BCUT2D eigenvalue weighted by Gasteiger charge is -2.16. The van der Waals surface area contributed by atoms with Crippen molar-refractivity contribution in [3.8, 4) is 11.5 Å². The average Bonchev–Trinajstić information content (AvgIpc) is 2.99. The number of anilines is 1. The molecule has 1 atom stereocenters. The number of carbonyl (C=O) groups excluding carboxylic acids is 2. The van der Waals surface area contributed by atoms with Crippen LogP contribution in [0.2, 0.25) is 5.02 Å². The third-order valence-corrected chi connectivity index (χ3v) is 4.47. The summed E-state index contributed by atoms with van der Waals surface area (Å²) in [6, 6.07) is 11.7. The minimum atomic E-state index is -1.16. The van der Waals surface area contributed by atoms with Gasteiger partial charge in [-0.3, -0.25) is 15.0 Å². The topological polar surface area (TPSA) is 105 Å². The first-order valence-electron chi connectivity index (χ1n) is 9.09. The van der Waals surface area contributed by atoms with E-state index < -0.39 is 23.9 Å². The molecule has 1 aliphatic heterocycles. The molecule has 0 aliphatic carbocycles. The van der Waals surface area contributed by atoms with Gasteiger partial charge >= 0.3 is 5.97 Å². The molecular weight excluding hydrogens is 412 g/mol. The molecule has 2 aromatic rings. The molecule has 1 saturated heterocycles. The van der Waals surface area contributed by atoms with E-state index in [0.717, 1.165) is 5.01 Å². The molecule has 156 valence electrons. The fraction of sp³-hybridized carbons (Fsp3) is 0.190. The van der Waals surface area contributed by atoms with Gasteiger partial charge in [0.2, 0.25) is 0 Å². The maximum Gasteiger partial charge on any atom is 0.344 e. The summed E-state index contributed by atoms with van der Waals surface area (Å²) in [5.74, 6) is -1.95. The Balaban J connectivity index is 1.95. The molecule has 2 N–H and O–H groups in total. The predicted molar refractivity (Wildman–Crippen MR) is 110 cm³/mol. The Morgan fingerprint density at radius 1 is 1.27 bits per heavy atom. The van der Waals surface area contributed by atoms with Crippen LogP contribution in [0.4, 0.5) is 5.69 Å². The van der Waals surface area contributed by atoms with Gasteiger partial charge in [-0.25, -0.2) is 9.80 Å². The average molecular weight is 431 g/mol. The minimum Gasteiger partial charge on any atom is -0.490 e. The number of hydrogen-bond acceptors (Lipinski definition) is 5. The molecule has 2 amide bonds. The Labute approximate surface area is 177 Å². The highest BCUT2D eigenvalue weighted by Gasteiger charge is 2.34. The molecule has 1 fully saturated rings. The van der Waals surface area contributed by atoms with Crippen LogP contribution in [0.3, 0.4) is 0 Å². The highest BCUT2D eigenvalue weighted by molar-refractivity contribution is 6.33. The summed E-state index contributed by atoms with van der Waals surface area (Å²) in [4.78, 5) is 36.2. The molecule has 0 radical (unpaired) electrons. The number of carbonyl (C=O) groups is 3. The predicted octanol–water partition coefficient (Wildman–Crippen LogP) is 3.05. The van der Waals surface area contributed by atoms with Gasteiger partial charge in [0.05, 0.1) is 17.3 Å². The highest BCUT2D eigenvalue weighted by atomic mass is 35.5. The lowest BCUT2D eigenvalue weighted by atomic mass is 10.1. The number of nitrogens with one attached hydrogen (secondary N) is 1. The third kappa shape index (κ3) is 4.38. The monoisotopic (exact) mass is 430 g/mol. The lowest BCUT2D eigenvalue weighted by Crippen LogP contribution is -2.35. The number of para-hydroxylation sites is 1. The van der Waals surface area contributed by atoms with Crippen molar-refractivity contribution in [1.82, 2.24) is 5.43 Å². The van der Waals surface area contributed by atoms with Crippen LogP contribution >= 0.6 is 11.6 Å². The number of aliphatic carboxylic acids is 1. The molecule has 0 spiro atoms. The molecule has 0 saturated carbocycles. The zero-order valence-corrected chi connectivity index (χ0v) is 17.0. The van der Waals surface area contributed by atoms with Crippen LogP contribution in [0, 0.1) is 0 Å². The molecule has 1 aliphatic rings. The third-order valence-electron chi connectivity index (χ3n) is 4.19. The molecule has 3 rings (SSSR count). The Morgan fingerprint density at radius 2 is 1.97 bits per heavy atom. The van der Waals surface area contributed by atoms with E-state index in [4.69, 9.17) is 26.2 Å². The van der Waals surface area contributed by atoms with Gasteiger partial charge in [0, 0.05) is 0 Å².